The molecular weight excluding hydrogens is 282 g/mol. The van der Waals surface area contributed by atoms with Gasteiger partial charge in [-0.15, -0.1) is 0 Å². The van der Waals surface area contributed by atoms with Crippen LogP contribution in [0.25, 0.3) is 0 Å². The Kier molecular flexibility index (Phi) is 2.97. The molecule has 4 aliphatic heterocycles. The van der Waals surface area contributed by atoms with E-state index >= 15 is 0 Å². The Bertz CT molecular complexity index is 493. The van der Waals surface area contributed by atoms with Crippen molar-refractivity contribution in [2.24, 2.45) is 0 Å². The van der Waals surface area contributed by atoms with E-state index in [1.165, 1.54) is 25.7 Å². The van der Waals surface area contributed by atoms with Crippen molar-refractivity contribution >= 4 is 11.9 Å². The number of morpholine rings is 2. The predicted molar refractivity (Wildman–Crippen MR) is 80.0 cm³/mol. The quantitative estimate of drug-likeness (QED) is 0.793. The van der Waals surface area contributed by atoms with Crippen LogP contribution in [-0.2, 0) is 9.47 Å². The van der Waals surface area contributed by atoms with Crippen LogP contribution >= 0.6 is 0 Å². The minimum atomic E-state index is 0.426. The molecule has 7 nitrogen and oxygen atoms in total. The minimum Gasteiger partial charge on any atom is -0.377 e. The number of nitrogens with zero attached hydrogens (tertiary/aromatic N) is 5. The smallest absolute Gasteiger partial charge is 0.230 e. The van der Waals surface area contributed by atoms with Crippen molar-refractivity contribution in [3.63, 3.8) is 0 Å². The summed E-state index contributed by atoms with van der Waals surface area (Å²) < 4.78 is 11.3. The number of anilines is 2. The van der Waals surface area contributed by atoms with E-state index in [2.05, 4.69) is 19.8 Å². The van der Waals surface area contributed by atoms with E-state index < -0.39 is 0 Å². The van der Waals surface area contributed by atoms with Crippen LogP contribution in [0.5, 0.6) is 0 Å². The number of hydrogen-bond acceptors (Lipinski definition) is 7. The molecule has 22 heavy (non-hydrogen) atoms. The van der Waals surface area contributed by atoms with Crippen molar-refractivity contribution in [3.8, 4) is 0 Å². The van der Waals surface area contributed by atoms with Crippen molar-refractivity contribution in [1.82, 2.24) is 15.0 Å². The number of rotatable bonds is 2. The zero-order valence-electron chi connectivity index (χ0n) is 12.6. The molecule has 1 aromatic heterocycles. The molecule has 4 saturated heterocycles. The molecule has 1 aromatic rings. The highest BCUT2D eigenvalue weighted by molar-refractivity contribution is 5.44. The van der Waals surface area contributed by atoms with Gasteiger partial charge in [0.2, 0.25) is 11.9 Å². The van der Waals surface area contributed by atoms with Gasteiger partial charge in [-0.05, 0) is 25.7 Å². The summed E-state index contributed by atoms with van der Waals surface area (Å²) in [5.41, 5.74) is 0. The first-order valence-corrected chi connectivity index (χ1v) is 8.31. The molecule has 118 valence electrons. The van der Waals surface area contributed by atoms with Gasteiger partial charge in [-0.25, -0.2) is 9.97 Å². The van der Waals surface area contributed by atoms with E-state index in [0.29, 0.717) is 24.2 Å². The third-order valence-corrected chi connectivity index (χ3v) is 5.49. The molecule has 0 aromatic carbocycles. The molecule has 0 amide bonds. The highest BCUT2D eigenvalue weighted by Crippen LogP contribution is 2.35. The lowest BCUT2D eigenvalue weighted by molar-refractivity contribution is 0.0884. The van der Waals surface area contributed by atoms with Gasteiger partial charge in [0, 0.05) is 0 Å². The molecule has 0 radical (unpaired) electrons. The van der Waals surface area contributed by atoms with Gasteiger partial charge in [0.1, 0.15) is 6.33 Å². The van der Waals surface area contributed by atoms with Crippen molar-refractivity contribution in [1.29, 1.82) is 0 Å². The summed E-state index contributed by atoms with van der Waals surface area (Å²) in [6.45, 7) is 3.17. The molecule has 5 heterocycles. The van der Waals surface area contributed by atoms with Gasteiger partial charge in [-0.2, -0.15) is 4.98 Å². The van der Waals surface area contributed by atoms with Crippen LogP contribution in [0.3, 0.4) is 0 Å². The van der Waals surface area contributed by atoms with Gasteiger partial charge in [-0.1, -0.05) is 0 Å². The van der Waals surface area contributed by atoms with Gasteiger partial charge in [0.25, 0.3) is 0 Å². The van der Waals surface area contributed by atoms with Crippen LogP contribution in [0.4, 0.5) is 11.9 Å². The van der Waals surface area contributed by atoms with Crippen LogP contribution in [-0.4, -0.2) is 65.5 Å². The van der Waals surface area contributed by atoms with E-state index in [0.717, 1.165) is 38.3 Å². The van der Waals surface area contributed by atoms with Crippen LogP contribution in [0.2, 0.25) is 0 Å². The van der Waals surface area contributed by atoms with E-state index in [1.807, 2.05) is 0 Å². The summed E-state index contributed by atoms with van der Waals surface area (Å²) in [5.74, 6) is 1.65. The third kappa shape index (κ3) is 1.91. The molecule has 0 aliphatic carbocycles. The highest BCUT2D eigenvalue weighted by atomic mass is 16.5. The van der Waals surface area contributed by atoms with Crippen molar-refractivity contribution < 1.29 is 9.47 Å². The first-order chi connectivity index (χ1) is 10.9. The first-order valence-electron chi connectivity index (χ1n) is 8.31. The summed E-state index contributed by atoms with van der Waals surface area (Å²) in [5, 5.41) is 0. The number of fused-ring (bicyclic) bond motifs is 4. The summed E-state index contributed by atoms with van der Waals surface area (Å²) >= 11 is 0. The molecule has 7 heteroatoms. The third-order valence-electron chi connectivity index (χ3n) is 5.49. The Hall–Kier alpha value is -1.47. The van der Waals surface area contributed by atoms with Gasteiger partial charge in [0.05, 0.1) is 50.6 Å². The second-order valence-corrected chi connectivity index (χ2v) is 6.74. The molecule has 4 atom stereocenters. The van der Waals surface area contributed by atoms with Crippen LogP contribution < -0.4 is 9.80 Å². The summed E-state index contributed by atoms with van der Waals surface area (Å²) in [6.07, 6.45) is 6.37. The summed E-state index contributed by atoms with van der Waals surface area (Å²) in [7, 11) is 0. The molecule has 0 N–H and O–H groups in total. The molecule has 4 aliphatic rings. The second kappa shape index (κ2) is 5.03. The molecule has 0 saturated carbocycles. The molecule has 4 bridgehead atoms. The van der Waals surface area contributed by atoms with Crippen LogP contribution in [0, 0.1) is 0 Å². The zero-order valence-corrected chi connectivity index (χ0v) is 12.6. The fourth-order valence-corrected chi connectivity index (χ4v) is 4.44. The largest absolute Gasteiger partial charge is 0.377 e. The monoisotopic (exact) mass is 303 g/mol. The van der Waals surface area contributed by atoms with E-state index in [-0.39, 0.29) is 0 Å². The maximum atomic E-state index is 5.66. The highest BCUT2D eigenvalue weighted by Gasteiger charge is 2.41. The predicted octanol–water partition coefficient (Wildman–Crippen LogP) is 0.607. The van der Waals surface area contributed by atoms with E-state index in [9.17, 15) is 0 Å². The first kappa shape index (κ1) is 13.0. The second-order valence-electron chi connectivity index (χ2n) is 6.74. The average molecular weight is 303 g/mol. The van der Waals surface area contributed by atoms with Gasteiger partial charge in [-0.3, -0.25) is 0 Å². The van der Waals surface area contributed by atoms with Gasteiger partial charge < -0.3 is 19.3 Å². The Morgan fingerprint density at radius 1 is 0.727 bits per heavy atom. The van der Waals surface area contributed by atoms with Crippen molar-refractivity contribution in [2.75, 3.05) is 36.2 Å². The lowest BCUT2D eigenvalue weighted by Crippen LogP contribution is -2.48. The number of ether oxygens (including phenoxy) is 2. The molecule has 4 fully saturated rings. The van der Waals surface area contributed by atoms with Crippen LogP contribution in [0.1, 0.15) is 25.7 Å². The SMILES string of the molecule is c1nc(N2C3CCC2COC3)nc(N2C3CCC2COC3)n1. The Labute approximate surface area is 129 Å². The molecule has 4 unspecified atom stereocenters. The maximum absolute atomic E-state index is 5.66. The summed E-state index contributed by atoms with van der Waals surface area (Å²) in [6, 6.07) is 1.71. The van der Waals surface area contributed by atoms with Gasteiger partial charge in [0.15, 0.2) is 0 Å². The normalized spacial score (nSPS) is 36.9. The Balaban J connectivity index is 1.46. The molecule has 5 rings (SSSR count). The van der Waals surface area contributed by atoms with E-state index in [1.54, 1.807) is 6.33 Å². The number of aromatic nitrogens is 3. The maximum Gasteiger partial charge on any atom is 0.230 e. The summed E-state index contributed by atoms with van der Waals surface area (Å²) in [4.78, 5) is 18.5. The topological polar surface area (TPSA) is 63.6 Å². The van der Waals surface area contributed by atoms with Crippen molar-refractivity contribution in [2.45, 2.75) is 49.9 Å². The van der Waals surface area contributed by atoms with Crippen molar-refractivity contribution in [3.05, 3.63) is 6.33 Å². The average Bonchev–Trinajstić information content (AvgIpc) is 2.96. The van der Waals surface area contributed by atoms with Gasteiger partial charge >= 0.3 is 0 Å². The number of hydrogen-bond donors (Lipinski definition) is 0. The molecular formula is C15H21N5O2. The fourth-order valence-electron chi connectivity index (χ4n) is 4.44. The standard InChI is InChI=1S/C15H21N5O2/c1-2-11-6-21-5-10(1)19(11)14-16-9-17-15(18-14)20-12-3-4-13(20)8-22-7-12/h9-13H,1-8H2. The van der Waals surface area contributed by atoms with E-state index in [4.69, 9.17) is 14.5 Å². The fraction of sp³-hybridized carbons (Fsp3) is 0.800. The lowest BCUT2D eigenvalue weighted by atomic mass is 10.2. The zero-order chi connectivity index (χ0) is 14.5. The van der Waals surface area contributed by atoms with Crippen LogP contribution in [0.15, 0.2) is 6.33 Å². The lowest BCUT2D eigenvalue weighted by Gasteiger charge is -2.37. The molecule has 0 spiro atoms. The Morgan fingerprint density at radius 2 is 1.14 bits per heavy atom. The minimum absolute atomic E-state index is 0.426. The Morgan fingerprint density at radius 3 is 1.55 bits per heavy atom.